The van der Waals surface area contributed by atoms with Crippen LogP contribution in [-0.4, -0.2) is 37.2 Å². The molecule has 1 unspecified atom stereocenters. The molecule has 1 aromatic heterocycles. The number of aromatic nitrogens is 1. The van der Waals surface area contributed by atoms with Gasteiger partial charge in [0, 0.05) is 29.6 Å². The molecule has 0 radical (unpaired) electrons. The predicted octanol–water partition coefficient (Wildman–Crippen LogP) is 2.77. The maximum atomic E-state index is 12.0. The number of rotatable bonds is 6. The molecular formula is C20H21N3O3. The number of carbonyl (C=O) groups excluding carboxylic acids is 2. The average Bonchev–Trinajstić information content (AvgIpc) is 3.11. The normalized spacial score (nSPS) is 11.7. The van der Waals surface area contributed by atoms with Gasteiger partial charge in [-0.2, -0.15) is 0 Å². The molecule has 0 saturated heterocycles. The molecular weight excluding hydrogens is 330 g/mol. The third kappa shape index (κ3) is 4.03. The molecule has 0 saturated carbocycles. The van der Waals surface area contributed by atoms with Crippen LogP contribution in [0.25, 0.3) is 10.9 Å². The highest BCUT2D eigenvalue weighted by Gasteiger charge is 2.19. The van der Waals surface area contributed by atoms with Crippen LogP contribution in [0.1, 0.15) is 17.0 Å². The number of carbonyl (C=O) groups is 2. The molecule has 1 atom stereocenters. The molecule has 3 N–H and O–H groups in total. The lowest BCUT2D eigenvalue weighted by atomic mass is 9.91. The van der Waals surface area contributed by atoms with Gasteiger partial charge >= 0.3 is 6.09 Å². The maximum Gasteiger partial charge on any atom is 0.407 e. The van der Waals surface area contributed by atoms with Gasteiger partial charge in [0.15, 0.2) is 0 Å². The van der Waals surface area contributed by atoms with Crippen LogP contribution in [-0.2, 0) is 9.53 Å². The van der Waals surface area contributed by atoms with E-state index in [1.54, 1.807) is 0 Å². The number of benzene rings is 2. The second-order valence-corrected chi connectivity index (χ2v) is 5.90. The van der Waals surface area contributed by atoms with E-state index < -0.39 is 6.09 Å². The molecule has 0 aliphatic rings. The van der Waals surface area contributed by atoms with Crippen molar-refractivity contribution in [1.29, 1.82) is 0 Å². The summed E-state index contributed by atoms with van der Waals surface area (Å²) in [4.78, 5) is 26.4. The minimum absolute atomic E-state index is 0.00516. The number of aromatic amines is 1. The van der Waals surface area contributed by atoms with E-state index in [2.05, 4.69) is 26.4 Å². The third-order valence-electron chi connectivity index (χ3n) is 4.28. The number of para-hydroxylation sites is 1. The van der Waals surface area contributed by atoms with E-state index >= 15 is 0 Å². The molecule has 0 bridgehead atoms. The summed E-state index contributed by atoms with van der Waals surface area (Å²) < 4.78 is 4.47. The Morgan fingerprint density at radius 1 is 1.04 bits per heavy atom. The van der Waals surface area contributed by atoms with Crippen molar-refractivity contribution < 1.29 is 14.3 Å². The predicted molar refractivity (Wildman–Crippen MR) is 100 cm³/mol. The number of hydrogen-bond acceptors (Lipinski definition) is 3. The molecule has 0 aliphatic carbocycles. The number of ether oxygens (including phenoxy) is 1. The Hall–Kier alpha value is -3.28. The standard InChI is InChI=1S/C20H21N3O3/c1-26-20(25)23-13-19(24)22-11-16(14-7-3-2-4-8-14)17-12-21-18-10-6-5-9-15(17)18/h2-10,12,16,21H,11,13H2,1H3,(H,22,24)(H,23,25). The van der Waals surface area contributed by atoms with Crippen LogP contribution in [0.15, 0.2) is 60.8 Å². The number of alkyl carbamates (subject to hydrolysis) is 1. The van der Waals surface area contributed by atoms with Crippen LogP contribution in [0, 0.1) is 0 Å². The molecule has 1 heterocycles. The fourth-order valence-corrected chi connectivity index (χ4v) is 2.98. The Morgan fingerprint density at radius 3 is 2.54 bits per heavy atom. The largest absolute Gasteiger partial charge is 0.453 e. The zero-order chi connectivity index (χ0) is 18.4. The lowest BCUT2D eigenvalue weighted by molar-refractivity contribution is -0.120. The van der Waals surface area contributed by atoms with Gasteiger partial charge in [0.2, 0.25) is 5.91 Å². The van der Waals surface area contributed by atoms with Crippen molar-refractivity contribution in [3.8, 4) is 0 Å². The van der Waals surface area contributed by atoms with Crippen molar-refractivity contribution in [2.75, 3.05) is 20.2 Å². The molecule has 6 nitrogen and oxygen atoms in total. The zero-order valence-corrected chi connectivity index (χ0v) is 14.5. The van der Waals surface area contributed by atoms with Gasteiger partial charge in [-0.1, -0.05) is 48.5 Å². The van der Waals surface area contributed by atoms with Crippen LogP contribution in [0.3, 0.4) is 0 Å². The molecule has 3 aromatic rings. The van der Waals surface area contributed by atoms with Gasteiger partial charge in [-0.15, -0.1) is 0 Å². The molecule has 134 valence electrons. The Labute approximate surface area is 151 Å². The molecule has 2 amide bonds. The molecule has 3 rings (SSSR count). The van der Waals surface area contributed by atoms with Crippen molar-refractivity contribution in [2.24, 2.45) is 0 Å². The van der Waals surface area contributed by atoms with E-state index in [4.69, 9.17) is 0 Å². The van der Waals surface area contributed by atoms with Crippen molar-refractivity contribution >= 4 is 22.9 Å². The highest BCUT2D eigenvalue weighted by atomic mass is 16.5. The van der Waals surface area contributed by atoms with Crippen LogP contribution < -0.4 is 10.6 Å². The number of H-pyrrole nitrogens is 1. The van der Waals surface area contributed by atoms with Gasteiger partial charge in [-0.3, -0.25) is 4.79 Å². The minimum Gasteiger partial charge on any atom is -0.453 e. The van der Waals surface area contributed by atoms with Gasteiger partial charge in [-0.05, 0) is 17.2 Å². The molecule has 2 aromatic carbocycles. The highest BCUT2D eigenvalue weighted by molar-refractivity contribution is 5.85. The lowest BCUT2D eigenvalue weighted by Crippen LogP contribution is -2.38. The number of methoxy groups -OCH3 is 1. The Morgan fingerprint density at radius 2 is 1.77 bits per heavy atom. The first kappa shape index (κ1) is 17.5. The second kappa shape index (κ2) is 8.20. The van der Waals surface area contributed by atoms with Gasteiger partial charge < -0.3 is 20.4 Å². The molecule has 0 aliphatic heterocycles. The first-order valence-corrected chi connectivity index (χ1v) is 8.38. The topological polar surface area (TPSA) is 83.2 Å². The molecule has 26 heavy (non-hydrogen) atoms. The first-order chi connectivity index (χ1) is 12.7. The quantitative estimate of drug-likeness (QED) is 0.638. The van der Waals surface area contributed by atoms with Gasteiger partial charge in [0.1, 0.15) is 0 Å². The number of nitrogens with one attached hydrogen (secondary N) is 3. The first-order valence-electron chi connectivity index (χ1n) is 8.38. The fourth-order valence-electron chi connectivity index (χ4n) is 2.98. The summed E-state index contributed by atoms with van der Waals surface area (Å²) in [5.41, 5.74) is 3.29. The van der Waals surface area contributed by atoms with Crippen molar-refractivity contribution in [3.63, 3.8) is 0 Å². The van der Waals surface area contributed by atoms with Gasteiger partial charge in [-0.25, -0.2) is 4.79 Å². The van der Waals surface area contributed by atoms with E-state index in [9.17, 15) is 9.59 Å². The molecule has 0 fully saturated rings. The van der Waals surface area contributed by atoms with Gasteiger partial charge in [0.25, 0.3) is 0 Å². The molecule has 0 spiro atoms. The van der Waals surface area contributed by atoms with Crippen molar-refractivity contribution in [2.45, 2.75) is 5.92 Å². The summed E-state index contributed by atoms with van der Waals surface area (Å²) in [6.07, 6.45) is 1.36. The minimum atomic E-state index is -0.628. The number of amides is 2. The summed E-state index contributed by atoms with van der Waals surface area (Å²) in [5.74, 6) is -0.273. The summed E-state index contributed by atoms with van der Waals surface area (Å²) in [5, 5.41) is 6.40. The summed E-state index contributed by atoms with van der Waals surface area (Å²) in [6, 6.07) is 18.1. The zero-order valence-electron chi connectivity index (χ0n) is 14.5. The number of hydrogen-bond donors (Lipinski definition) is 3. The highest BCUT2D eigenvalue weighted by Crippen LogP contribution is 2.30. The Bertz CT molecular complexity index is 889. The van der Waals surface area contributed by atoms with E-state index in [1.807, 2.05) is 54.7 Å². The molecule has 6 heteroatoms. The average molecular weight is 351 g/mol. The Balaban J connectivity index is 1.79. The second-order valence-electron chi connectivity index (χ2n) is 5.90. The summed E-state index contributed by atoms with van der Waals surface area (Å²) in [7, 11) is 1.26. The monoisotopic (exact) mass is 351 g/mol. The number of fused-ring (bicyclic) bond motifs is 1. The van der Waals surface area contributed by atoms with E-state index in [0.717, 1.165) is 22.0 Å². The SMILES string of the molecule is COC(=O)NCC(=O)NCC(c1ccccc1)c1c[nH]c2ccccc12. The smallest absolute Gasteiger partial charge is 0.407 e. The van der Waals surface area contributed by atoms with Crippen LogP contribution >= 0.6 is 0 Å². The van der Waals surface area contributed by atoms with Gasteiger partial charge in [0.05, 0.1) is 13.7 Å². The Kier molecular flexibility index (Phi) is 5.53. The third-order valence-corrected chi connectivity index (χ3v) is 4.28. The maximum absolute atomic E-state index is 12.0. The van der Waals surface area contributed by atoms with E-state index in [1.165, 1.54) is 7.11 Å². The fraction of sp³-hybridized carbons (Fsp3) is 0.200. The van der Waals surface area contributed by atoms with E-state index in [0.29, 0.717) is 6.54 Å². The van der Waals surface area contributed by atoms with Crippen molar-refractivity contribution in [1.82, 2.24) is 15.6 Å². The van der Waals surface area contributed by atoms with Crippen molar-refractivity contribution in [3.05, 3.63) is 71.9 Å². The van der Waals surface area contributed by atoms with Crippen LogP contribution in [0.4, 0.5) is 4.79 Å². The van der Waals surface area contributed by atoms with E-state index in [-0.39, 0.29) is 18.4 Å². The summed E-state index contributed by atoms with van der Waals surface area (Å²) >= 11 is 0. The lowest BCUT2D eigenvalue weighted by Gasteiger charge is -2.18. The van der Waals surface area contributed by atoms with Crippen LogP contribution in [0.5, 0.6) is 0 Å². The summed E-state index contributed by atoms with van der Waals surface area (Å²) in [6.45, 7) is 0.301. The van der Waals surface area contributed by atoms with Crippen LogP contribution in [0.2, 0.25) is 0 Å².